The molecule has 0 aliphatic carbocycles. The van der Waals surface area contributed by atoms with Crippen LogP contribution in [-0.2, 0) is 4.79 Å². The van der Waals surface area contributed by atoms with Crippen LogP contribution in [-0.4, -0.2) is 21.8 Å². The van der Waals surface area contributed by atoms with E-state index in [0.717, 1.165) is 28.0 Å². The van der Waals surface area contributed by atoms with Gasteiger partial charge in [-0.15, -0.1) is 0 Å². The molecular formula is C26H22O4. The van der Waals surface area contributed by atoms with Crippen molar-refractivity contribution in [2.75, 3.05) is 0 Å². The van der Waals surface area contributed by atoms with Crippen molar-refractivity contribution in [3.05, 3.63) is 108 Å². The second-order valence-electron chi connectivity index (χ2n) is 6.82. The van der Waals surface area contributed by atoms with Gasteiger partial charge in [0.25, 0.3) is 5.78 Å². The molecule has 0 spiro atoms. The Hall–Kier alpha value is -3.92. The van der Waals surface area contributed by atoms with Gasteiger partial charge in [-0.25, -0.2) is 0 Å². The van der Waals surface area contributed by atoms with Gasteiger partial charge in [0, 0.05) is 11.1 Å². The first-order valence-corrected chi connectivity index (χ1v) is 9.58. The van der Waals surface area contributed by atoms with Crippen molar-refractivity contribution < 1.29 is 19.8 Å². The third-order valence-corrected chi connectivity index (χ3v) is 4.69. The van der Waals surface area contributed by atoms with Gasteiger partial charge in [0.15, 0.2) is 17.3 Å². The zero-order valence-electron chi connectivity index (χ0n) is 16.6. The maximum Gasteiger partial charge on any atom is 0.261 e. The molecule has 3 aromatic carbocycles. The van der Waals surface area contributed by atoms with E-state index >= 15 is 0 Å². The molecule has 150 valence electrons. The number of benzene rings is 3. The summed E-state index contributed by atoms with van der Waals surface area (Å²) in [6.07, 6.45) is 2.70. The number of aliphatic hydroxyl groups excluding tert-OH is 2. The predicted octanol–water partition coefficient (Wildman–Crippen LogP) is 6.11. The number of Topliss-reactive ketones (excluding diaryl/α,β-unsaturated/α-hetero) is 2. The van der Waals surface area contributed by atoms with Gasteiger partial charge < -0.3 is 10.2 Å². The number of carbonyl (C=O) groups is 2. The highest BCUT2D eigenvalue weighted by Crippen LogP contribution is 2.29. The lowest BCUT2D eigenvalue weighted by Gasteiger charge is -2.09. The Kier molecular flexibility index (Phi) is 6.28. The summed E-state index contributed by atoms with van der Waals surface area (Å²) in [5.41, 5.74) is 2.20. The summed E-state index contributed by atoms with van der Waals surface area (Å²) in [6.45, 7) is 5.42. The largest absolute Gasteiger partial charge is 0.504 e. The molecule has 4 nitrogen and oxygen atoms in total. The molecule has 30 heavy (non-hydrogen) atoms. The van der Waals surface area contributed by atoms with Crippen LogP contribution in [0.15, 0.2) is 103 Å². The van der Waals surface area contributed by atoms with Gasteiger partial charge in [-0.3, -0.25) is 9.59 Å². The van der Waals surface area contributed by atoms with E-state index in [4.69, 9.17) is 0 Å². The summed E-state index contributed by atoms with van der Waals surface area (Å²) in [5, 5.41) is 21.7. The molecule has 0 radical (unpaired) electrons. The van der Waals surface area contributed by atoms with Crippen LogP contribution >= 0.6 is 0 Å². The van der Waals surface area contributed by atoms with Crippen molar-refractivity contribution in [3.8, 4) is 11.1 Å². The Labute approximate surface area is 175 Å². The van der Waals surface area contributed by atoms with E-state index in [1.165, 1.54) is 6.08 Å². The molecule has 3 rings (SSSR count). The fraction of sp³-hybridized carbons (Fsp3) is 0.0769. The Morgan fingerprint density at radius 2 is 1.63 bits per heavy atom. The lowest BCUT2D eigenvalue weighted by atomic mass is 9.95. The number of aliphatic hydroxyl groups is 2. The topological polar surface area (TPSA) is 74.6 Å². The standard InChI is InChI=1S/C26H22O4/c1-3-8-23(27)26(30)24(28)15-17(2)25(29)20-12-6-11-19(16-20)22-14-7-10-18-9-4-5-13-21(18)22/h4-16,27-28H,2-3H2,1H3/b23-8+,24-15+. The van der Waals surface area contributed by atoms with Gasteiger partial charge in [-0.05, 0) is 46.5 Å². The zero-order chi connectivity index (χ0) is 21.7. The van der Waals surface area contributed by atoms with Crippen LogP contribution in [0.2, 0.25) is 0 Å². The van der Waals surface area contributed by atoms with E-state index in [1.807, 2.05) is 48.5 Å². The molecule has 0 unspecified atom stereocenters. The summed E-state index contributed by atoms with van der Waals surface area (Å²) in [6, 6.07) is 21.1. The Morgan fingerprint density at radius 1 is 0.933 bits per heavy atom. The van der Waals surface area contributed by atoms with Crippen LogP contribution in [0.1, 0.15) is 23.7 Å². The number of hydrogen-bond acceptors (Lipinski definition) is 4. The van der Waals surface area contributed by atoms with Crippen molar-refractivity contribution in [3.63, 3.8) is 0 Å². The number of rotatable bonds is 7. The first-order valence-electron chi connectivity index (χ1n) is 9.58. The van der Waals surface area contributed by atoms with Gasteiger partial charge in [-0.1, -0.05) is 74.2 Å². The SMILES string of the molecule is C=C(/C=C(/O)C(=O)/C(O)=C\CC)C(=O)c1cccc(-c2cccc3ccccc23)c1. The molecule has 0 heterocycles. The van der Waals surface area contributed by atoms with Crippen LogP contribution in [0.4, 0.5) is 0 Å². The van der Waals surface area contributed by atoms with Crippen molar-refractivity contribution in [1.82, 2.24) is 0 Å². The first kappa shape index (κ1) is 20.8. The molecule has 0 amide bonds. The number of carbonyl (C=O) groups excluding carboxylic acids is 2. The highest BCUT2D eigenvalue weighted by atomic mass is 16.3. The van der Waals surface area contributed by atoms with Crippen molar-refractivity contribution >= 4 is 22.3 Å². The summed E-state index contributed by atoms with van der Waals surface area (Å²) in [7, 11) is 0. The van der Waals surface area contributed by atoms with Crippen molar-refractivity contribution in [1.29, 1.82) is 0 Å². The second kappa shape index (κ2) is 9.05. The van der Waals surface area contributed by atoms with Gasteiger partial charge >= 0.3 is 0 Å². The third-order valence-electron chi connectivity index (χ3n) is 4.69. The number of ketones is 2. The highest BCUT2D eigenvalue weighted by molar-refractivity contribution is 6.13. The summed E-state index contributed by atoms with van der Waals surface area (Å²) < 4.78 is 0. The van der Waals surface area contributed by atoms with Gasteiger partial charge in [0.05, 0.1) is 0 Å². The van der Waals surface area contributed by atoms with Gasteiger partial charge in [0.1, 0.15) is 0 Å². The smallest absolute Gasteiger partial charge is 0.261 e. The van der Waals surface area contributed by atoms with Crippen molar-refractivity contribution in [2.45, 2.75) is 13.3 Å². The molecule has 0 fully saturated rings. The van der Waals surface area contributed by atoms with E-state index in [0.29, 0.717) is 12.0 Å². The molecule has 3 aromatic rings. The van der Waals surface area contributed by atoms with Crippen LogP contribution in [0, 0.1) is 0 Å². The lowest BCUT2D eigenvalue weighted by molar-refractivity contribution is -0.116. The Balaban J connectivity index is 1.91. The molecule has 0 aliphatic rings. The summed E-state index contributed by atoms with van der Waals surface area (Å²) in [5.74, 6) is -2.67. The zero-order valence-corrected chi connectivity index (χ0v) is 16.6. The molecule has 0 atom stereocenters. The minimum atomic E-state index is -0.949. The molecular weight excluding hydrogens is 376 g/mol. The van der Waals surface area contributed by atoms with Crippen LogP contribution in [0.3, 0.4) is 0 Å². The van der Waals surface area contributed by atoms with E-state index in [2.05, 4.69) is 6.58 Å². The van der Waals surface area contributed by atoms with E-state index in [-0.39, 0.29) is 5.57 Å². The molecule has 2 N–H and O–H groups in total. The maximum atomic E-state index is 12.8. The quantitative estimate of drug-likeness (QED) is 0.218. The first-order chi connectivity index (χ1) is 14.4. The molecule has 4 heteroatoms. The highest BCUT2D eigenvalue weighted by Gasteiger charge is 2.16. The average Bonchev–Trinajstić information content (AvgIpc) is 2.77. The van der Waals surface area contributed by atoms with Crippen LogP contribution in [0.5, 0.6) is 0 Å². The summed E-state index contributed by atoms with van der Waals surface area (Å²) >= 11 is 0. The van der Waals surface area contributed by atoms with E-state index in [1.54, 1.807) is 25.1 Å². The second-order valence-corrected chi connectivity index (χ2v) is 6.82. The number of hydrogen-bond donors (Lipinski definition) is 2. The van der Waals surface area contributed by atoms with Crippen LogP contribution in [0.25, 0.3) is 21.9 Å². The fourth-order valence-electron chi connectivity index (χ4n) is 3.20. The van der Waals surface area contributed by atoms with Crippen molar-refractivity contribution in [2.24, 2.45) is 0 Å². The van der Waals surface area contributed by atoms with E-state index in [9.17, 15) is 19.8 Å². The summed E-state index contributed by atoms with van der Waals surface area (Å²) in [4.78, 5) is 24.7. The number of fused-ring (bicyclic) bond motifs is 1. The predicted molar refractivity (Wildman–Crippen MR) is 120 cm³/mol. The molecule has 0 saturated carbocycles. The normalized spacial score (nSPS) is 12.0. The molecule has 0 bridgehead atoms. The fourth-order valence-corrected chi connectivity index (χ4v) is 3.20. The van der Waals surface area contributed by atoms with Crippen LogP contribution < -0.4 is 0 Å². The minimum Gasteiger partial charge on any atom is -0.504 e. The maximum absolute atomic E-state index is 12.8. The Bertz CT molecular complexity index is 1190. The van der Waals surface area contributed by atoms with E-state index < -0.39 is 23.1 Å². The Morgan fingerprint density at radius 3 is 2.40 bits per heavy atom. The molecule has 0 aromatic heterocycles. The minimum absolute atomic E-state index is 0.0554. The van der Waals surface area contributed by atoms with Gasteiger partial charge in [-0.2, -0.15) is 0 Å². The lowest BCUT2D eigenvalue weighted by Crippen LogP contribution is -2.08. The third kappa shape index (κ3) is 4.39. The molecule has 0 saturated heterocycles. The monoisotopic (exact) mass is 398 g/mol. The average molecular weight is 398 g/mol. The number of allylic oxidation sites excluding steroid dienone is 3. The van der Waals surface area contributed by atoms with Gasteiger partial charge in [0.2, 0.25) is 0 Å². The molecule has 0 aliphatic heterocycles.